The quantitative estimate of drug-likeness (QED) is 0.663. The van der Waals surface area contributed by atoms with E-state index in [1.807, 2.05) is 19.1 Å². The van der Waals surface area contributed by atoms with Crippen molar-refractivity contribution in [3.8, 4) is 0 Å². The lowest BCUT2D eigenvalue weighted by molar-refractivity contribution is 0.563. The molecule has 1 aliphatic rings. The van der Waals surface area contributed by atoms with Gasteiger partial charge in [-0.25, -0.2) is 8.42 Å². The van der Waals surface area contributed by atoms with Gasteiger partial charge < -0.3 is 0 Å². The standard InChI is InChI=1S/C9H11NO2S/c1-8-2-4-9(5-3-8)13(11,12)10-6-7-10/h2-5H,6-7H2,1H3. The summed E-state index contributed by atoms with van der Waals surface area (Å²) in [4.78, 5) is 0.399. The Kier molecular flexibility index (Phi) is 1.89. The molecule has 0 amide bonds. The van der Waals surface area contributed by atoms with Crippen molar-refractivity contribution in [1.82, 2.24) is 4.31 Å². The first kappa shape index (κ1) is 8.72. The zero-order valence-electron chi connectivity index (χ0n) is 7.40. The summed E-state index contributed by atoms with van der Waals surface area (Å²) in [5.74, 6) is 0. The zero-order valence-corrected chi connectivity index (χ0v) is 8.21. The van der Waals surface area contributed by atoms with E-state index in [1.54, 1.807) is 12.1 Å². The number of benzene rings is 1. The van der Waals surface area contributed by atoms with Gasteiger partial charge in [0.25, 0.3) is 0 Å². The molecule has 1 aromatic rings. The summed E-state index contributed by atoms with van der Waals surface area (Å²) in [6.07, 6.45) is 0. The fourth-order valence-electron chi connectivity index (χ4n) is 1.14. The lowest BCUT2D eigenvalue weighted by atomic mass is 10.2. The van der Waals surface area contributed by atoms with Crippen LogP contribution in [0.15, 0.2) is 29.2 Å². The van der Waals surface area contributed by atoms with Gasteiger partial charge in [0.1, 0.15) is 0 Å². The van der Waals surface area contributed by atoms with Crippen LogP contribution in [-0.2, 0) is 10.0 Å². The highest BCUT2D eigenvalue weighted by Crippen LogP contribution is 2.21. The molecule has 1 fully saturated rings. The third-order valence-corrected chi connectivity index (χ3v) is 3.98. The molecule has 13 heavy (non-hydrogen) atoms. The Hall–Kier alpha value is -0.870. The summed E-state index contributed by atoms with van der Waals surface area (Å²) in [6.45, 7) is 3.26. The predicted molar refractivity (Wildman–Crippen MR) is 49.9 cm³/mol. The molecular weight excluding hydrogens is 186 g/mol. The normalized spacial score (nSPS) is 17.3. The van der Waals surface area contributed by atoms with Gasteiger partial charge in [-0.05, 0) is 19.1 Å². The Morgan fingerprint density at radius 3 is 2.15 bits per heavy atom. The average Bonchev–Trinajstić information content (AvgIpc) is 2.87. The highest BCUT2D eigenvalue weighted by Gasteiger charge is 2.32. The first-order valence-corrected chi connectivity index (χ1v) is 5.61. The van der Waals surface area contributed by atoms with Crippen LogP contribution >= 0.6 is 0 Å². The second kappa shape index (κ2) is 2.82. The van der Waals surface area contributed by atoms with Crippen molar-refractivity contribution < 1.29 is 8.42 Å². The molecule has 1 saturated heterocycles. The van der Waals surface area contributed by atoms with E-state index in [4.69, 9.17) is 0 Å². The number of hydrogen-bond acceptors (Lipinski definition) is 2. The molecule has 4 heteroatoms. The smallest absolute Gasteiger partial charge is 0.207 e. The van der Waals surface area contributed by atoms with Crippen LogP contribution in [-0.4, -0.2) is 25.8 Å². The van der Waals surface area contributed by atoms with E-state index in [0.717, 1.165) is 5.56 Å². The number of sulfonamides is 1. The van der Waals surface area contributed by atoms with Crippen molar-refractivity contribution in [2.24, 2.45) is 0 Å². The van der Waals surface area contributed by atoms with Crippen LogP contribution in [0, 0.1) is 6.92 Å². The van der Waals surface area contributed by atoms with Crippen LogP contribution in [0.3, 0.4) is 0 Å². The van der Waals surface area contributed by atoms with E-state index >= 15 is 0 Å². The summed E-state index contributed by atoms with van der Waals surface area (Å²) < 4.78 is 24.7. The van der Waals surface area contributed by atoms with Crippen molar-refractivity contribution in [3.05, 3.63) is 29.8 Å². The second-order valence-corrected chi connectivity index (χ2v) is 5.16. The van der Waals surface area contributed by atoms with Crippen molar-refractivity contribution in [1.29, 1.82) is 0 Å². The summed E-state index contributed by atoms with van der Waals surface area (Å²) in [5.41, 5.74) is 1.07. The number of rotatable bonds is 2. The third-order valence-electron chi connectivity index (χ3n) is 2.06. The van der Waals surface area contributed by atoms with Crippen LogP contribution in [0.25, 0.3) is 0 Å². The van der Waals surface area contributed by atoms with Crippen LogP contribution in [0.2, 0.25) is 0 Å². The highest BCUT2D eigenvalue weighted by molar-refractivity contribution is 7.89. The van der Waals surface area contributed by atoms with Gasteiger partial charge in [-0.2, -0.15) is 4.31 Å². The topological polar surface area (TPSA) is 37.1 Å². The fourth-order valence-corrected chi connectivity index (χ4v) is 2.48. The van der Waals surface area contributed by atoms with Crippen molar-refractivity contribution in [2.45, 2.75) is 11.8 Å². The molecule has 0 spiro atoms. The molecule has 1 heterocycles. The summed E-state index contributed by atoms with van der Waals surface area (Å²) >= 11 is 0. The van der Waals surface area contributed by atoms with E-state index in [1.165, 1.54) is 4.31 Å². The summed E-state index contributed by atoms with van der Waals surface area (Å²) in [5, 5.41) is 0. The predicted octanol–water partition coefficient (Wildman–Crippen LogP) is 0.999. The molecule has 70 valence electrons. The van der Waals surface area contributed by atoms with Crippen molar-refractivity contribution >= 4 is 10.0 Å². The number of aryl methyl sites for hydroxylation is 1. The Bertz CT molecular complexity index is 404. The SMILES string of the molecule is Cc1ccc(S(=O)(=O)N2CC2)cc1. The first-order chi connectivity index (χ1) is 6.10. The molecular formula is C9H11NO2S. The maximum atomic E-state index is 11.6. The molecule has 0 atom stereocenters. The van der Waals surface area contributed by atoms with E-state index in [2.05, 4.69) is 0 Å². The highest BCUT2D eigenvalue weighted by atomic mass is 32.2. The fraction of sp³-hybridized carbons (Fsp3) is 0.333. The van der Waals surface area contributed by atoms with E-state index in [-0.39, 0.29) is 0 Å². The second-order valence-electron chi connectivity index (χ2n) is 3.22. The number of hydrogen-bond donors (Lipinski definition) is 0. The molecule has 1 aromatic carbocycles. The summed E-state index contributed by atoms with van der Waals surface area (Å²) in [7, 11) is -3.15. The Labute approximate surface area is 78.0 Å². The molecule has 0 unspecified atom stereocenters. The van der Waals surface area contributed by atoms with Crippen molar-refractivity contribution in [2.75, 3.05) is 13.1 Å². The molecule has 0 radical (unpaired) electrons. The Morgan fingerprint density at radius 1 is 1.15 bits per heavy atom. The average molecular weight is 197 g/mol. The minimum absolute atomic E-state index is 0.399. The number of nitrogens with zero attached hydrogens (tertiary/aromatic N) is 1. The van der Waals surface area contributed by atoms with E-state index in [0.29, 0.717) is 18.0 Å². The van der Waals surface area contributed by atoms with Gasteiger partial charge in [0.15, 0.2) is 0 Å². The molecule has 3 nitrogen and oxygen atoms in total. The monoisotopic (exact) mass is 197 g/mol. The molecule has 0 bridgehead atoms. The van der Waals surface area contributed by atoms with E-state index in [9.17, 15) is 8.42 Å². The lowest BCUT2D eigenvalue weighted by Gasteiger charge is -2.03. The van der Waals surface area contributed by atoms with Gasteiger partial charge in [-0.15, -0.1) is 0 Å². The van der Waals surface area contributed by atoms with Crippen LogP contribution in [0.1, 0.15) is 5.56 Å². The molecule has 0 aromatic heterocycles. The third kappa shape index (κ3) is 1.59. The zero-order chi connectivity index (χ0) is 9.47. The maximum absolute atomic E-state index is 11.6. The molecule has 0 aliphatic carbocycles. The minimum atomic E-state index is -3.15. The van der Waals surface area contributed by atoms with Gasteiger partial charge in [0, 0.05) is 13.1 Å². The molecule has 0 N–H and O–H groups in total. The Morgan fingerprint density at radius 2 is 1.69 bits per heavy atom. The summed E-state index contributed by atoms with van der Waals surface area (Å²) in [6, 6.07) is 6.94. The van der Waals surface area contributed by atoms with Crippen LogP contribution < -0.4 is 0 Å². The molecule has 2 rings (SSSR count). The molecule has 0 saturated carbocycles. The maximum Gasteiger partial charge on any atom is 0.243 e. The van der Waals surface area contributed by atoms with Crippen molar-refractivity contribution in [3.63, 3.8) is 0 Å². The minimum Gasteiger partial charge on any atom is -0.207 e. The van der Waals surface area contributed by atoms with E-state index < -0.39 is 10.0 Å². The van der Waals surface area contributed by atoms with Crippen LogP contribution in [0.5, 0.6) is 0 Å². The van der Waals surface area contributed by atoms with Gasteiger partial charge in [0.2, 0.25) is 10.0 Å². The first-order valence-electron chi connectivity index (χ1n) is 4.17. The largest absolute Gasteiger partial charge is 0.243 e. The van der Waals surface area contributed by atoms with Gasteiger partial charge in [0.05, 0.1) is 4.90 Å². The molecule has 1 aliphatic heterocycles. The van der Waals surface area contributed by atoms with Gasteiger partial charge in [-0.3, -0.25) is 0 Å². The Balaban J connectivity index is 2.40. The lowest BCUT2D eigenvalue weighted by Crippen LogP contribution is -2.11. The van der Waals surface area contributed by atoms with Crippen LogP contribution in [0.4, 0.5) is 0 Å². The van der Waals surface area contributed by atoms with Gasteiger partial charge in [-0.1, -0.05) is 17.7 Å². The van der Waals surface area contributed by atoms with Gasteiger partial charge >= 0.3 is 0 Å².